The van der Waals surface area contributed by atoms with Crippen LogP contribution in [-0.2, 0) is 4.74 Å². The van der Waals surface area contributed by atoms with Gasteiger partial charge in [-0.15, -0.1) is 0 Å². The molecule has 1 amide bonds. The summed E-state index contributed by atoms with van der Waals surface area (Å²) >= 11 is 0. The van der Waals surface area contributed by atoms with Crippen LogP contribution >= 0.6 is 0 Å². The topological polar surface area (TPSA) is 95.4 Å². The molecule has 0 saturated carbocycles. The Morgan fingerprint density at radius 1 is 1.25 bits per heavy atom. The first-order chi connectivity index (χ1) is 17.0. The molecule has 0 unspecified atom stereocenters. The molecule has 2 aliphatic rings. The lowest BCUT2D eigenvalue weighted by Crippen LogP contribution is -2.57. The average molecular weight is 493 g/mol. The second-order valence-electron chi connectivity index (χ2n) is 10.8. The number of carbonyl (C=O) groups excluding carboxylic acids is 2. The standard InChI is InChI=1S/C28H33FN4O3/c1-18-9-11-31-24(13-18)25(34)28-15-19(16-30)23(32-22-7-5-21(29)6-8-22)14-20(28)10-12-33(17-28)26(35)36-27(2,3)4/h5-9,11,13,16,20,30,32H,10,12,14-15,17H2,1-4H3/t20-,28-/m0/s1. The number of benzene rings is 1. The Hall–Kier alpha value is -3.55. The minimum absolute atomic E-state index is 0.0716. The van der Waals surface area contributed by atoms with Crippen LogP contribution in [-0.4, -0.2) is 46.7 Å². The number of anilines is 1. The smallest absolute Gasteiger partial charge is 0.410 e. The fraction of sp³-hybridized carbons (Fsp3) is 0.429. The third-order valence-electron chi connectivity index (χ3n) is 6.91. The highest BCUT2D eigenvalue weighted by molar-refractivity contribution is 6.01. The van der Waals surface area contributed by atoms with Crippen molar-refractivity contribution < 1.29 is 18.7 Å². The largest absolute Gasteiger partial charge is 0.444 e. The summed E-state index contributed by atoms with van der Waals surface area (Å²) in [5.41, 5.74) is 1.95. The van der Waals surface area contributed by atoms with E-state index in [1.54, 1.807) is 29.3 Å². The van der Waals surface area contributed by atoms with E-state index >= 15 is 0 Å². The number of ether oxygens (including phenoxy) is 1. The molecule has 8 heteroatoms. The maximum Gasteiger partial charge on any atom is 0.410 e. The molecule has 190 valence electrons. The van der Waals surface area contributed by atoms with Gasteiger partial charge in [0.1, 0.15) is 17.1 Å². The number of nitrogens with zero attached hydrogens (tertiary/aromatic N) is 2. The first-order valence-corrected chi connectivity index (χ1v) is 12.2. The monoisotopic (exact) mass is 492 g/mol. The number of aryl methyl sites for hydroxylation is 1. The maximum atomic E-state index is 14.1. The lowest BCUT2D eigenvalue weighted by atomic mass is 9.59. The summed E-state index contributed by atoms with van der Waals surface area (Å²) in [6.07, 6.45) is 3.88. The Morgan fingerprint density at radius 2 is 1.97 bits per heavy atom. The van der Waals surface area contributed by atoms with Crippen LogP contribution < -0.4 is 5.32 Å². The molecule has 1 aromatic heterocycles. The van der Waals surface area contributed by atoms with E-state index in [4.69, 9.17) is 10.1 Å². The van der Waals surface area contributed by atoms with Gasteiger partial charge in [0.15, 0.2) is 5.78 Å². The van der Waals surface area contributed by atoms with Crippen molar-refractivity contribution in [2.24, 2.45) is 11.3 Å². The summed E-state index contributed by atoms with van der Waals surface area (Å²) in [4.78, 5) is 33.1. The average Bonchev–Trinajstić information content (AvgIpc) is 2.83. The number of rotatable bonds is 5. The lowest BCUT2D eigenvalue weighted by Gasteiger charge is -2.50. The highest BCUT2D eigenvalue weighted by Gasteiger charge is 2.53. The van der Waals surface area contributed by atoms with Crippen molar-refractivity contribution in [1.29, 1.82) is 5.41 Å². The summed E-state index contributed by atoms with van der Waals surface area (Å²) < 4.78 is 19.0. The van der Waals surface area contributed by atoms with Gasteiger partial charge in [-0.3, -0.25) is 9.78 Å². The number of pyridine rings is 1. The zero-order valence-electron chi connectivity index (χ0n) is 21.2. The van der Waals surface area contributed by atoms with Gasteiger partial charge in [0, 0.05) is 36.9 Å². The maximum absolute atomic E-state index is 14.1. The Labute approximate surface area is 211 Å². The van der Waals surface area contributed by atoms with Crippen LogP contribution in [0, 0.1) is 29.5 Å². The molecule has 1 saturated heterocycles. The van der Waals surface area contributed by atoms with Crippen molar-refractivity contribution in [3.8, 4) is 0 Å². The van der Waals surface area contributed by atoms with Crippen molar-refractivity contribution in [2.75, 3.05) is 18.4 Å². The summed E-state index contributed by atoms with van der Waals surface area (Å²) in [7, 11) is 0. The Bertz CT molecular complexity index is 1200. The molecule has 2 aromatic rings. The van der Waals surface area contributed by atoms with Crippen LogP contribution in [0.15, 0.2) is 53.9 Å². The fourth-order valence-corrected chi connectivity index (χ4v) is 5.17. The van der Waals surface area contributed by atoms with Crippen molar-refractivity contribution >= 4 is 23.8 Å². The number of carbonyl (C=O) groups is 2. The van der Waals surface area contributed by atoms with Gasteiger partial charge in [0.25, 0.3) is 0 Å². The number of aromatic nitrogens is 1. The molecule has 2 N–H and O–H groups in total. The van der Waals surface area contributed by atoms with Gasteiger partial charge in [-0.25, -0.2) is 9.18 Å². The van der Waals surface area contributed by atoms with Crippen molar-refractivity contribution in [3.05, 3.63) is 70.9 Å². The molecule has 1 aliphatic carbocycles. The van der Waals surface area contributed by atoms with Crippen molar-refractivity contribution in [3.63, 3.8) is 0 Å². The van der Waals surface area contributed by atoms with Crippen LogP contribution in [0.1, 0.15) is 56.1 Å². The van der Waals surface area contributed by atoms with Gasteiger partial charge in [0.2, 0.25) is 0 Å². The molecule has 1 fully saturated rings. The fourth-order valence-electron chi connectivity index (χ4n) is 5.17. The first kappa shape index (κ1) is 25.5. The second-order valence-corrected chi connectivity index (χ2v) is 10.8. The normalized spacial score (nSPS) is 22.0. The number of Topliss-reactive ketones (excluding diaryl/α,β-unsaturated/α-hetero) is 1. The van der Waals surface area contributed by atoms with Gasteiger partial charge < -0.3 is 20.4 Å². The predicted octanol–water partition coefficient (Wildman–Crippen LogP) is 5.76. The zero-order chi connectivity index (χ0) is 26.1. The summed E-state index contributed by atoms with van der Waals surface area (Å²) in [5, 5.41) is 11.5. The molecular weight excluding hydrogens is 459 g/mol. The number of likely N-dealkylation sites (tertiary alicyclic amines) is 1. The van der Waals surface area contributed by atoms with Crippen LogP contribution in [0.5, 0.6) is 0 Å². The third kappa shape index (κ3) is 5.32. The van der Waals surface area contributed by atoms with E-state index in [1.807, 2.05) is 33.8 Å². The molecule has 2 atom stereocenters. The molecule has 1 aliphatic heterocycles. The highest BCUT2D eigenvalue weighted by Crippen LogP contribution is 2.50. The minimum atomic E-state index is -0.934. The Kier molecular flexibility index (Phi) is 6.98. The van der Waals surface area contributed by atoms with Gasteiger partial charge in [-0.1, -0.05) is 0 Å². The van der Waals surface area contributed by atoms with E-state index < -0.39 is 17.1 Å². The minimum Gasteiger partial charge on any atom is -0.444 e. The number of amides is 1. The Balaban J connectivity index is 1.72. The molecular formula is C28H33FN4O3. The molecule has 0 bridgehead atoms. The number of ketones is 1. The van der Waals surface area contributed by atoms with E-state index in [0.717, 1.165) is 16.9 Å². The molecule has 0 spiro atoms. The number of halogens is 1. The summed E-state index contributed by atoms with van der Waals surface area (Å²) in [6.45, 7) is 8.04. The SMILES string of the molecule is Cc1ccnc(C(=O)[C@]23CC(C=N)=C(Nc4ccc(F)cc4)C[C@@H]2CCN(C(=O)OC(C)(C)C)C3)c1. The van der Waals surface area contributed by atoms with Crippen LogP contribution in [0.3, 0.4) is 0 Å². The van der Waals surface area contributed by atoms with Crippen molar-refractivity contribution in [1.82, 2.24) is 9.88 Å². The first-order valence-electron chi connectivity index (χ1n) is 12.2. The van der Waals surface area contributed by atoms with E-state index in [1.165, 1.54) is 18.3 Å². The Morgan fingerprint density at radius 3 is 2.61 bits per heavy atom. The van der Waals surface area contributed by atoms with Crippen molar-refractivity contribution in [2.45, 2.75) is 52.6 Å². The van der Waals surface area contributed by atoms with E-state index in [0.29, 0.717) is 37.1 Å². The zero-order valence-corrected chi connectivity index (χ0v) is 21.2. The van der Waals surface area contributed by atoms with E-state index in [-0.39, 0.29) is 24.1 Å². The number of hydrogen-bond acceptors (Lipinski definition) is 6. The third-order valence-corrected chi connectivity index (χ3v) is 6.91. The van der Waals surface area contributed by atoms with Crippen LogP contribution in [0.2, 0.25) is 0 Å². The number of nitrogens with one attached hydrogen (secondary N) is 2. The molecule has 0 radical (unpaired) electrons. The molecule has 4 rings (SSSR count). The van der Waals surface area contributed by atoms with E-state index in [9.17, 15) is 14.0 Å². The van der Waals surface area contributed by atoms with Gasteiger partial charge in [-0.05, 0) is 100 Å². The number of fused-ring (bicyclic) bond motifs is 1. The van der Waals surface area contributed by atoms with Crippen LogP contribution in [0.4, 0.5) is 14.9 Å². The lowest BCUT2D eigenvalue weighted by molar-refractivity contribution is -0.00955. The highest BCUT2D eigenvalue weighted by atomic mass is 19.1. The molecule has 1 aromatic carbocycles. The summed E-state index contributed by atoms with van der Waals surface area (Å²) in [6, 6.07) is 9.69. The summed E-state index contributed by atoms with van der Waals surface area (Å²) in [5.74, 6) is -0.516. The number of piperidine rings is 1. The van der Waals surface area contributed by atoms with E-state index in [2.05, 4.69) is 10.3 Å². The van der Waals surface area contributed by atoms with Gasteiger partial charge in [0.05, 0.1) is 5.41 Å². The predicted molar refractivity (Wildman–Crippen MR) is 137 cm³/mol. The molecule has 36 heavy (non-hydrogen) atoms. The second kappa shape index (κ2) is 9.84. The number of allylic oxidation sites excluding steroid dienone is 2. The number of hydrogen-bond donors (Lipinski definition) is 2. The van der Waals surface area contributed by atoms with Gasteiger partial charge >= 0.3 is 6.09 Å². The molecule has 2 heterocycles. The molecule has 7 nitrogen and oxygen atoms in total. The van der Waals surface area contributed by atoms with Gasteiger partial charge in [-0.2, -0.15) is 0 Å². The van der Waals surface area contributed by atoms with Crippen LogP contribution in [0.25, 0.3) is 0 Å². The quantitative estimate of drug-likeness (QED) is 0.408.